The van der Waals surface area contributed by atoms with E-state index in [0.29, 0.717) is 37.4 Å². The van der Waals surface area contributed by atoms with Crippen LogP contribution in [0.15, 0.2) is 48.5 Å². The minimum Gasteiger partial charge on any atom is -0.366 e. The summed E-state index contributed by atoms with van der Waals surface area (Å²) in [4.78, 5) is 28.4. The van der Waals surface area contributed by atoms with Gasteiger partial charge in [-0.15, -0.1) is 0 Å². The van der Waals surface area contributed by atoms with E-state index in [9.17, 15) is 14.0 Å². The lowest BCUT2D eigenvalue weighted by molar-refractivity contribution is -0.132. The summed E-state index contributed by atoms with van der Waals surface area (Å²) in [5.41, 5.74) is 2.11. The van der Waals surface area contributed by atoms with Crippen LogP contribution in [0.2, 0.25) is 0 Å². The number of anilines is 1. The van der Waals surface area contributed by atoms with Crippen LogP contribution in [0.5, 0.6) is 0 Å². The Morgan fingerprint density at radius 1 is 1.04 bits per heavy atom. The molecule has 2 aromatic rings. The quantitative estimate of drug-likeness (QED) is 0.922. The number of carbonyl (C=O) groups excluding carboxylic acids is 2. The maximum absolute atomic E-state index is 13.9. The lowest BCUT2D eigenvalue weighted by atomic mass is 10.0. The minimum atomic E-state index is -0.268. The van der Waals surface area contributed by atoms with Gasteiger partial charge >= 0.3 is 0 Å². The predicted octanol–water partition coefficient (Wildman–Crippen LogP) is 2.35. The number of nitrogens with one attached hydrogen (secondary N) is 1. The van der Waals surface area contributed by atoms with Crippen molar-refractivity contribution in [3.8, 4) is 0 Å². The van der Waals surface area contributed by atoms with E-state index in [4.69, 9.17) is 0 Å². The van der Waals surface area contributed by atoms with Gasteiger partial charge in [-0.1, -0.05) is 30.3 Å². The fourth-order valence-electron chi connectivity index (χ4n) is 3.69. The first-order chi connectivity index (χ1) is 12.6. The predicted molar refractivity (Wildman–Crippen MR) is 96.5 cm³/mol. The van der Waals surface area contributed by atoms with Gasteiger partial charge < -0.3 is 15.1 Å². The van der Waals surface area contributed by atoms with Crippen molar-refractivity contribution >= 4 is 17.5 Å². The maximum Gasteiger partial charge on any atom is 0.252 e. The van der Waals surface area contributed by atoms with Gasteiger partial charge in [-0.3, -0.25) is 9.59 Å². The summed E-state index contributed by atoms with van der Waals surface area (Å²) in [5.74, 6) is -0.347. The summed E-state index contributed by atoms with van der Waals surface area (Å²) in [7, 11) is 0. The SMILES string of the molecule is O=C1N[C@H](CC(=O)N2CCN(c3ccccc3F)CC2)c2ccccc21. The molecule has 0 saturated carbocycles. The summed E-state index contributed by atoms with van der Waals surface area (Å²) in [6, 6.07) is 13.8. The van der Waals surface area contributed by atoms with Crippen LogP contribution in [0.25, 0.3) is 0 Å². The van der Waals surface area contributed by atoms with E-state index < -0.39 is 0 Å². The molecule has 2 aromatic carbocycles. The number of carbonyl (C=O) groups is 2. The highest BCUT2D eigenvalue weighted by molar-refractivity contribution is 5.99. The lowest BCUT2D eigenvalue weighted by Crippen LogP contribution is -2.49. The summed E-state index contributed by atoms with van der Waals surface area (Å²) >= 11 is 0. The number of hydrogen-bond acceptors (Lipinski definition) is 3. The normalized spacial score (nSPS) is 19.3. The molecule has 0 aliphatic carbocycles. The number of nitrogens with zero attached hydrogens (tertiary/aromatic N) is 2. The van der Waals surface area contributed by atoms with Crippen LogP contribution in [0.1, 0.15) is 28.4 Å². The largest absolute Gasteiger partial charge is 0.366 e. The zero-order valence-corrected chi connectivity index (χ0v) is 14.3. The summed E-state index contributed by atoms with van der Waals surface area (Å²) in [6.45, 7) is 2.30. The monoisotopic (exact) mass is 353 g/mol. The Morgan fingerprint density at radius 2 is 1.73 bits per heavy atom. The molecule has 134 valence electrons. The summed E-state index contributed by atoms with van der Waals surface area (Å²) in [5, 5.41) is 2.88. The van der Waals surface area contributed by atoms with E-state index in [1.807, 2.05) is 29.2 Å². The molecule has 26 heavy (non-hydrogen) atoms. The molecular weight excluding hydrogens is 333 g/mol. The molecule has 5 nitrogen and oxygen atoms in total. The molecule has 1 atom stereocenters. The molecule has 6 heteroatoms. The Morgan fingerprint density at radius 3 is 2.50 bits per heavy atom. The van der Waals surface area contributed by atoms with E-state index in [2.05, 4.69) is 5.32 Å². The van der Waals surface area contributed by atoms with Crippen LogP contribution in [-0.2, 0) is 4.79 Å². The van der Waals surface area contributed by atoms with Crippen molar-refractivity contribution < 1.29 is 14.0 Å². The molecular formula is C20H20FN3O2. The first-order valence-corrected chi connectivity index (χ1v) is 8.80. The Bertz CT molecular complexity index is 846. The van der Waals surface area contributed by atoms with Crippen molar-refractivity contribution in [1.82, 2.24) is 10.2 Å². The van der Waals surface area contributed by atoms with Gasteiger partial charge in [-0.05, 0) is 23.8 Å². The Balaban J connectivity index is 1.38. The highest BCUT2D eigenvalue weighted by Crippen LogP contribution is 2.28. The summed E-state index contributed by atoms with van der Waals surface area (Å²) < 4.78 is 13.9. The maximum atomic E-state index is 13.9. The molecule has 0 aromatic heterocycles. The zero-order chi connectivity index (χ0) is 18.1. The van der Waals surface area contributed by atoms with E-state index >= 15 is 0 Å². The molecule has 0 bridgehead atoms. The summed E-state index contributed by atoms with van der Waals surface area (Å²) in [6.07, 6.45) is 0.252. The van der Waals surface area contributed by atoms with Gasteiger partial charge in [0.15, 0.2) is 0 Å². The molecule has 4 rings (SSSR count). The number of halogens is 1. The molecule has 2 aliphatic heterocycles. The first-order valence-electron chi connectivity index (χ1n) is 8.80. The number of rotatable bonds is 3. The van der Waals surface area contributed by atoms with E-state index in [-0.39, 0.29) is 30.1 Å². The Hall–Kier alpha value is -2.89. The first kappa shape index (κ1) is 16.6. The highest BCUT2D eigenvalue weighted by Gasteiger charge is 2.31. The number of amides is 2. The number of para-hydroxylation sites is 1. The van der Waals surface area contributed by atoms with Crippen molar-refractivity contribution in [2.24, 2.45) is 0 Å². The smallest absolute Gasteiger partial charge is 0.252 e. The second-order valence-corrected chi connectivity index (χ2v) is 6.64. The minimum absolute atomic E-state index is 0.0141. The van der Waals surface area contributed by atoms with E-state index in [0.717, 1.165) is 5.56 Å². The van der Waals surface area contributed by atoms with Gasteiger partial charge in [0, 0.05) is 31.7 Å². The third-order valence-corrected chi connectivity index (χ3v) is 5.09. The molecule has 0 unspecified atom stereocenters. The van der Waals surface area contributed by atoms with Gasteiger partial charge in [-0.25, -0.2) is 4.39 Å². The van der Waals surface area contributed by atoms with Crippen molar-refractivity contribution in [1.29, 1.82) is 0 Å². The molecule has 1 fully saturated rings. The molecule has 1 N–H and O–H groups in total. The number of fused-ring (bicyclic) bond motifs is 1. The molecule has 2 heterocycles. The molecule has 1 saturated heterocycles. The fourth-order valence-corrected chi connectivity index (χ4v) is 3.69. The number of benzene rings is 2. The third-order valence-electron chi connectivity index (χ3n) is 5.09. The topological polar surface area (TPSA) is 52.7 Å². The van der Waals surface area contributed by atoms with Crippen molar-refractivity contribution in [2.45, 2.75) is 12.5 Å². The third kappa shape index (κ3) is 3.03. The Kier molecular flexibility index (Phi) is 4.32. The Labute approximate surface area is 151 Å². The second-order valence-electron chi connectivity index (χ2n) is 6.64. The molecule has 2 aliphatic rings. The molecule has 0 spiro atoms. The van der Waals surface area contributed by atoms with Crippen molar-refractivity contribution in [2.75, 3.05) is 31.1 Å². The van der Waals surface area contributed by atoms with Gasteiger partial charge in [0.2, 0.25) is 5.91 Å². The second kappa shape index (κ2) is 6.78. The van der Waals surface area contributed by atoms with Crippen molar-refractivity contribution in [3.05, 3.63) is 65.5 Å². The zero-order valence-electron chi connectivity index (χ0n) is 14.3. The van der Waals surface area contributed by atoms with Gasteiger partial charge in [0.1, 0.15) is 5.82 Å². The van der Waals surface area contributed by atoms with Crippen LogP contribution in [0, 0.1) is 5.82 Å². The average Bonchev–Trinajstić information content (AvgIpc) is 2.98. The number of piperazine rings is 1. The molecule has 2 amide bonds. The van der Waals surface area contributed by atoms with Crippen LogP contribution in [0.4, 0.5) is 10.1 Å². The van der Waals surface area contributed by atoms with Crippen LogP contribution < -0.4 is 10.2 Å². The van der Waals surface area contributed by atoms with Crippen LogP contribution in [0.3, 0.4) is 0 Å². The standard InChI is InChI=1S/C20H20FN3O2/c21-16-7-3-4-8-18(16)23-9-11-24(12-10-23)19(25)13-17-14-5-1-2-6-15(14)20(26)22-17/h1-8,17H,9-13H2,(H,22,26)/t17-/m1/s1. The van der Waals surface area contributed by atoms with Gasteiger partial charge in [0.05, 0.1) is 18.2 Å². The number of hydrogen-bond donors (Lipinski definition) is 1. The van der Waals surface area contributed by atoms with E-state index in [1.54, 1.807) is 23.1 Å². The fraction of sp³-hybridized carbons (Fsp3) is 0.300. The highest BCUT2D eigenvalue weighted by atomic mass is 19.1. The molecule has 0 radical (unpaired) electrons. The lowest BCUT2D eigenvalue weighted by Gasteiger charge is -2.36. The van der Waals surface area contributed by atoms with Crippen LogP contribution >= 0.6 is 0 Å². The average molecular weight is 353 g/mol. The van der Waals surface area contributed by atoms with Gasteiger partial charge in [-0.2, -0.15) is 0 Å². The van der Waals surface area contributed by atoms with Crippen LogP contribution in [-0.4, -0.2) is 42.9 Å². The van der Waals surface area contributed by atoms with E-state index in [1.165, 1.54) is 6.07 Å². The van der Waals surface area contributed by atoms with Gasteiger partial charge in [0.25, 0.3) is 5.91 Å². The van der Waals surface area contributed by atoms with Crippen molar-refractivity contribution in [3.63, 3.8) is 0 Å².